The Hall–Kier alpha value is -3.08. The van der Waals surface area contributed by atoms with E-state index < -0.39 is 10.0 Å². The maximum Gasteiger partial charge on any atom is 0.261 e. The molecule has 2 N–H and O–H groups in total. The molecule has 2 aromatic carbocycles. The summed E-state index contributed by atoms with van der Waals surface area (Å²) in [6, 6.07) is 13.7. The zero-order valence-corrected chi connectivity index (χ0v) is 16.8. The molecule has 0 aliphatic carbocycles. The standard InChI is InChI=1S/C22H22N2O4S/c1-17-8-10-19(11-9-17)29(27,28)23-21-7-3-2-6-20(21)18-12-14-24(22(26)16-18)13-4-5-15-25/h2-3,6-12,14,18,23,25H,13,15-16H2,1H3/t18-/m1/s1. The summed E-state index contributed by atoms with van der Waals surface area (Å²) in [7, 11) is -3.74. The lowest BCUT2D eigenvalue weighted by molar-refractivity contribution is -0.128. The molecule has 29 heavy (non-hydrogen) atoms. The summed E-state index contributed by atoms with van der Waals surface area (Å²) in [6.07, 6.45) is 3.73. The minimum atomic E-state index is -3.74. The van der Waals surface area contributed by atoms with Crippen molar-refractivity contribution in [2.24, 2.45) is 0 Å². The maximum atomic E-state index is 12.8. The fourth-order valence-corrected chi connectivity index (χ4v) is 4.14. The van der Waals surface area contributed by atoms with Crippen LogP contribution in [0.1, 0.15) is 23.5 Å². The van der Waals surface area contributed by atoms with Gasteiger partial charge in [-0.1, -0.05) is 53.8 Å². The summed E-state index contributed by atoms with van der Waals surface area (Å²) in [4.78, 5) is 14.1. The summed E-state index contributed by atoms with van der Waals surface area (Å²) < 4.78 is 28.2. The van der Waals surface area contributed by atoms with Crippen molar-refractivity contribution < 1.29 is 18.3 Å². The van der Waals surface area contributed by atoms with Crippen LogP contribution in [0.5, 0.6) is 0 Å². The molecule has 0 aromatic heterocycles. The Labute approximate surface area is 170 Å². The zero-order chi connectivity index (χ0) is 20.9. The number of sulfonamides is 1. The van der Waals surface area contributed by atoms with Gasteiger partial charge in [0.05, 0.1) is 17.1 Å². The molecule has 3 rings (SSSR count). The van der Waals surface area contributed by atoms with Gasteiger partial charge in [0.1, 0.15) is 6.61 Å². The average Bonchev–Trinajstić information content (AvgIpc) is 2.70. The molecule has 0 fully saturated rings. The quantitative estimate of drug-likeness (QED) is 0.742. The Balaban J connectivity index is 1.83. The molecule has 2 aromatic rings. The molecule has 0 saturated heterocycles. The lowest BCUT2D eigenvalue weighted by atomic mass is 9.92. The predicted molar refractivity (Wildman–Crippen MR) is 112 cm³/mol. The van der Waals surface area contributed by atoms with Crippen molar-refractivity contribution in [3.05, 3.63) is 71.9 Å². The van der Waals surface area contributed by atoms with Gasteiger partial charge in [-0.15, -0.1) is 0 Å². The molecule has 1 amide bonds. The SMILES string of the molecule is Cc1ccc(S(=O)(=O)Nc2ccccc2[C@@H]2C=CN(CC#CCO)C(=O)C2)cc1. The molecule has 1 aliphatic rings. The van der Waals surface area contributed by atoms with Crippen LogP contribution in [0.3, 0.4) is 0 Å². The Morgan fingerprint density at radius 2 is 1.86 bits per heavy atom. The van der Waals surface area contributed by atoms with E-state index in [0.29, 0.717) is 5.69 Å². The fraction of sp³-hybridized carbons (Fsp3) is 0.227. The van der Waals surface area contributed by atoms with E-state index in [2.05, 4.69) is 16.6 Å². The van der Waals surface area contributed by atoms with Crippen molar-refractivity contribution >= 4 is 21.6 Å². The number of hydrogen-bond acceptors (Lipinski definition) is 4. The van der Waals surface area contributed by atoms with Gasteiger partial charge in [-0.3, -0.25) is 9.52 Å². The Bertz CT molecular complexity index is 1080. The van der Waals surface area contributed by atoms with Gasteiger partial charge in [0.15, 0.2) is 0 Å². The molecule has 7 heteroatoms. The monoisotopic (exact) mass is 410 g/mol. The van der Waals surface area contributed by atoms with E-state index in [1.54, 1.807) is 42.6 Å². The molecule has 6 nitrogen and oxygen atoms in total. The molecule has 1 aliphatic heterocycles. The first-order chi connectivity index (χ1) is 13.9. The molecule has 1 heterocycles. The van der Waals surface area contributed by atoms with Crippen LogP contribution in [0.25, 0.3) is 0 Å². The topological polar surface area (TPSA) is 86.7 Å². The van der Waals surface area contributed by atoms with Gasteiger partial charge < -0.3 is 10.0 Å². The number of carbonyl (C=O) groups is 1. The normalized spacial score (nSPS) is 16.3. The van der Waals surface area contributed by atoms with Crippen molar-refractivity contribution in [1.29, 1.82) is 0 Å². The fourth-order valence-electron chi connectivity index (χ4n) is 3.05. The number of aliphatic hydroxyl groups is 1. The number of aryl methyl sites for hydroxylation is 1. The number of benzene rings is 2. The number of para-hydroxylation sites is 1. The highest BCUT2D eigenvalue weighted by Gasteiger charge is 2.25. The number of carbonyl (C=O) groups excluding carboxylic acids is 1. The molecular formula is C22H22N2O4S. The van der Waals surface area contributed by atoms with E-state index in [0.717, 1.165) is 11.1 Å². The third kappa shape index (κ3) is 5.05. The van der Waals surface area contributed by atoms with Crippen molar-refractivity contribution in [1.82, 2.24) is 4.90 Å². The van der Waals surface area contributed by atoms with Crippen molar-refractivity contribution in [3.8, 4) is 11.8 Å². The average molecular weight is 410 g/mol. The molecular weight excluding hydrogens is 388 g/mol. The zero-order valence-electron chi connectivity index (χ0n) is 16.0. The van der Waals surface area contributed by atoms with Crippen LogP contribution in [0, 0.1) is 18.8 Å². The van der Waals surface area contributed by atoms with E-state index in [1.165, 1.54) is 4.90 Å². The first-order valence-corrected chi connectivity index (χ1v) is 10.6. The Kier molecular flexibility index (Phi) is 6.37. The van der Waals surface area contributed by atoms with Gasteiger partial charge in [-0.25, -0.2) is 8.42 Å². The summed E-state index contributed by atoms with van der Waals surface area (Å²) in [6.45, 7) is 1.86. The van der Waals surface area contributed by atoms with Crippen LogP contribution in [0.4, 0.5) is 5.69 Å². The molecule has 150 valence electrons. The van der Waals surface area contributed by atoms with Crippen molar-refractivity contribution in [3.63, 3.8) is 0 Å². The Morgan fingerprint density at radius 1 is 1.14 bits per heavy atom. The molecule has 0 spiro atoms. The first kappa shape index (κ1) is 20.6. The number of amides is 1. The predicted octanol–water partition coefficient (Wildman–Crippen LogP) is 2.62. The highest BCUT2D eigenvalue weighted by atomic mass is 32.2. The number of hydrogen-bond donors (Lipinski definition) is 2. The summed E-state index contributed by atoms with van der Waals surface area (Å²) in [5.41, 5.74) is 2.15. The number of nitrogens with zero attached hydrogens (tertiary/aromatic N) is 1. The molecule has 0 radical (unpaired) electrons. The highest BCUT2D eigenvalue weighted by molar-refractivity contribution is 7.92. The minimum Gasteiger partial charge on any atom is -0.384 e. The third-order valence-electron chi connectivity index (χ3n) is 4.60. The van der Waals surface area contributed by atoms with E-state index in [4.69, 9.17) is 5.11 Å². The van der Waals surface area contributed by atoms with E-state index in [-0.39, 0.29) is 36.3 Å². The van der Waals surface area contributed by atoms with E-state index in [1.807, 2.05) is 25.1 Å². The first-order valence-electron chi connectivity index (χ1n) is 9.13. The number of aliphatic hydroxyl groups excluding tert-OH is 1. The van der Waals surface area contributed by atoms with E-state index in [9.17, 15) is 13.2 Å². The second kappa shape index (κ2) is 8.95. The van der Waals surface area contributed by atoms with Crippen molar-refractivity contribution in [2.45, 2.75) is 24.2 Å². The number of rotatable bonds is 5. The van der Waals surface area contributed by atoms with Crippen LogP contribution in [0.15, 0.2) is 65.7 Å². The summed E-state index contributed by atoms with van der Waals surface area (Å²) in [5.74, 6) is 4.87. The molecule has 0 saturated carbocycles. The van der Waals surface area contributed by atoms with Gasteiger partial charge in [0.25, 0.3) is 10.0 Å². The van der Waals surface area contributed by atoms with Gasteiger partial charge in [-0.2, -0.15) is 0 Å². The van der Waals surface area contributed by atoms with Crippen LogP contribution < -0.4 is 4.72 Å². The van der Waals surface area contributed by atoms with Crippen LogP contribution in [0.2, 0.25) is 0 Å². The van der Waals surface area contributed by atoms with Gasteiger partial charge in [-0.05, 0) is 30.7 Å². The van der Waals surface area contributed by atoms with Crippen LogP contribution in [-0.4, -0.2) is 37.5 Å². The van der Waals surface area contributed by atoms with Crippen LogP contribution in [-0.2, 0) is 14.8 Å². The summed E-state index contributed by atoms with van der Waals surface area (Å²) in [5, 5.41) is 8.72. The second-order valence-corrected chi connectivity index (χ2v) is 8.37. The Morgan fingerprint density at radius 3 is 2.55 bits per heavy atom. The smallest absolute Gasteiger partial charge is 0.261 e. The third-order valence-corrected chi connectivity index (χ3v) is 5.98. The van der Waals surface area contributed by atoms with E-state index >= 15 is 0 Å². The minimum absolute atomic E-state index is 0.110. The molecule has 1 atom stereocenters. The van der Waals surface area contributed by atoms with Gasteiger partial charge in [0, 0.05) is 18.5 Å². The summed E-state index contributed by atoms with van der Waals surface area (Å²) >= 11 is 0. The molecule has 0 bridgehead atoms. The molecule has 0 unspecified atom stereocenters. The lowest BCUT2D eigenvalue weighted by Crippen LogP contribution is -2.30. The van der Waals surface area contributed by atoms with Crippen LogP contribution >= 0.6 is 0 Å². The largest absolute Gasteiger partial charge is 0.384 e. The highest BCUT2D eigenvalue weighted by Crippen LogP contribution is 2.32. The van der Waals surface area contributed by atoms with Crippen molar-refractivity contribution in [2.75, 3.05) is 17.9 Å². The lowest BCUT2D eigenvalue weighted by Gasteiger charge is -2.26. The number of anilines is 1. The number of allylic oxidation sites excluding steroid dienone is 1. The van der Waals surface area contributed by atoms with Gasteiger partial charge in [0.2, 0.25) is 5.91 Å². The second-order valence-electron chi connectivity index (χ2n) is 6.69. The number of nitrogens with one attached hydrogen (secondary N) is 1. The van der Waals surface area contributed by atoms with Gasteiger partial charge >= 0.3 is 0 Å². The maximum absolute atomic E-state index is 12.8.